The molecular weight excluding hydrogens is 406 g/mol. The Hall–Kier alpha value is -2.55. The number of benzene rings is 2. The first-order chi connectivity index (χ1) is 14.0. The molecule has 0 spiro atoms. The van der Waals surface area contributed by atoms with Gasteiger partial charge in [-0.05, 0) is 31.0 Å². The zero-order chi connectivity index (χ0) is 20.3. The molecule has 2 aromatic carbocycles. The fourth-order valence-corrected chi connectivity index (χ4v) is 5.67. The molecule has 1 saturated heterocycles. The van der Waals surface area contributed by atoms with Crippen molar-refractivity contribution in [1.82, 2.24) is 9.29 Å². The van der Waals surface area contributed by atoms with Crippen molar-refractivity contribution in [2.45, 2.75) is 24.2 Å². The average Bonchev–Trinajstić information content (AvgIpc) is 3.41. The van der Waals surface area contributed by atoms with Crippen molar-refractivity contribution >= 4 is 33.0 Å². The van der Waals surface area contributed by atoms with Gasteiger partial charge in [-0.2, -0.15) is 4.31 Å². The lowest BCUT2D eigenvalue weighted by molar-refractivity contribution is -0.115. The molecule has 0 unspecified atom stereocenters. The first kappa shape index (κ1) is 19.8. The third kappa shape index (κ3) is 4.55. The van der Waals surface area contributed by atoms with Crippen LogP contribution in [0.2, 0.25) is 0 Å². The molecule has 150 valence electrons. The van der Waals surface area contributed by atoms with Crippen LogP contribution in [0, 0.1) is 0 Å². The number of carbonyl (C=O) groups is 1. The Kier molecular flexibility index (Phi) is 5.75. The zero-order valence-corrected chi connectivity index (χ0v) is 17.4. The van der Waals surface area contributed by atoms with Crippen LogP contribution < -0.4 is 5.32 Å². The fraction of sp³-hybridized carbons (Fsp3) is 0.238. The highest BCUT2D eigenvalue weighted by Gasteiger charge is 2.27. The van der Waals surface area contributed by atoms with E-state index in [0.717, 1.165) is 23.4 Å². The number of sulfonamides is 1. The van der Waals surface area contributed by atoms with Crippen LogP contribution in [0.3, 0.4) is 0 Å². The summed E-state index contributed by atoms with van der Waals surface area (Å²) in [6.07, 6.45) is 1.90. The molecule has 1 fully saturated rings. The maximum absolute atomic E-state index is 12.7. The van der Waals surface area contributed by atoms with E-state index in [0.29, 0.717) is 24.5 Å². The summed E-state index contributed by atoms with van der Waals surface area (Å²) in [4.78, 5) is 17.2. The number of carbonyl (C=O) groups excluding carboxylic acids is 1. The van der Waals surface area contributed by atoms with Gasteiger partial charge in [-0.1, -0.05) is 36.4 Å². The topological polar surface area (TPSA) is 79.4 Å². The molecule has 29 heavy (non-hydrogen) atoms. The van der Waals surface area contributed by atoms with Crippen molar-refractivity contribution in [2.75, 3.05) is 18.4 Å². The number of thiazole rings is 1. The van der Waals surface area contributed by atoms with Crippen LogP contribution in [-0.2, 0) is 21.2 Å². The van der Waals surface area contributed by atoms with Crippen molar-refractivity contribution < 1.29 is 13.2 Å². The molecule has 0 bridgehead atoms. The van der Waals surface area contributed by atoms with Crippen LogP contribution in [0.1, 0.15) is 18.5 Å². The van der Waals surface area contributed by atoms with E-state index in [1.54, 1.807) is 18.2 Å². The standard InChI is InChI=1S/C21H21N3O3S2/c25-20(14-18-15-28-21(23-18)16-7-2-1-3-8-16)22-17-9-6-10-19(13-17)29(26,27)24-11-4-5-12-24/h1-3,6-10,13,15H,4-5,11-12,14H2,(H,22,25). The summed E-state index contributed by atoms with van der Waals surface area (Å²) in [6, 6.07) is 16.2. The van der Waals surface area contributed by atoms with Crippen LogP contribution in [0.4, 0.5) is 5.69 Å². The van der Waals surface area contributed by atoms with Gasteiger partial charge in [0.25, 0.3) is 0 Å². The molecule has 1 N–H and O–H groups in total. The van der Waals surface area contributed by atoms with Crippen LogP contribution in [0.25, 0.3) is 10.6 Å². The number of nitrogens with zero attached hydrogens (tertiary/aromatic N) is 2. The largest absolute Gasteiger partial charge is 0.326 e. The molecule has 1 aliphatic heterocycles. The highest BCUT2D eigenvalue weighted by Crippen LogP contribution is 2.25. The van der Waals surface area contributed by atoms with Crippen molar-refractivity contribution in [3.8, 4) is 10.6 Å². The molecule has 0 saturated carbocycles. The van der Waals surface area contributed by atoms with Crippen LogP contribution in [0.5, 0.6) is 0 Å². The number of amides is 1. The second-order valence-corrected chi connectivity index (χ2v) is 9.67. The second-order valence-electron chi connectivity index (χ2n) is 6.87. The molecule has 1 amide bonds. The monoisotopic (exact) mass is 427 g/mol. The predicted molar refractivity (Wildman–Crippen MR) is 114 cm³/mol. The number of aromatic nitrogens is 1. The Morgan fingerprint density at radius 2 is 1.83 bits per heavy atom. The van der Waals surface area contributed by atoms with Crippen LogP contribution >= 0.6 is 11.3 Å². The number of rotatable bonds is 6. The van der Waals surface area contributed by atoms with Gasteiger partial charge in [-0.3, -0.25) is 4.79 Å². The minimum Gasteiger partial charge on any atom is -0.326 e. The highest BCUT2D eigenvalue weighted by atomic mass is 32.2. The highest BCUT2D eigenvalue weighted by molar-refractivity contribution is 7.89. The minimum atomic E-state index is -3.51. The van der Waals surface area contributed by atoms with E-state index in [-0.39, 0.29) is 17.2 Å². The number of hydrogen-bond acceptors (Lipinski definition) is 5. The van der Waals surface area contributed by atoms with Gasteiger partial charge in [-0.15, -0.1) is 11.3 Å². The van der Waals surface area contributed by atoms with E-state index >= 15 is 0 Å². The molecule has 1 aromatic heterocycles. The Balaban J connectivity index is 1.43. The third-order valence-corrected chi connectivity index (χ3v) is 7.57. The molecular formula is C21H21N3O3S2. The quantitative estimate of drug-likeness (QED) is 0.649. The summed E-state index contributed by atoms with van der Waals surface area (Å²) < 4.78 is 26.9. The van der Waals surface area contributed by atoms with E-state index in [1.165, 1.54) is 21.7 Å². The molecule has 1 aliphatic rings. The lowest BCUT2D eigenvalue weighted by Crippen LogP contribution is -2.28. The molecule has 8 heteroatoms. The molecule has 0 atom stereocenters. The minimum absolute atomic E-state index is 0.131. The summed E-state index contributed by atoms with van der Waals surface area (Å²) in [5.41, 5.74) is 2.17. The number of hydrogen-bond donors (Lipinski definition) is 1. The second kappa shape index (κ2) is 8.44. The third-order valence-electron chi connectivity index (χ3n) is 4.73. The van der Waals surface area contributed by atoms with Crippen molar-refractivity contribution in [3.63, 3.8) is 0 Å². The van der Waals surface area contributed by atoms with Gasteiger partial charge in [-0.25, -0.2) is 13.4 Å². The number of anilines is 1. The van der Waals surface area contributed by atoms with Crippen LogP contribution in [0.15, 0.2) is 64.9 Å². The Bertz CT molecular complexity index is 1100. The van der Waals surface area contributed by atoms with Gasteiger partial charge < -0.3 is 5.32 Å². The molecule has 0 radical (unpaired) electrons. The van der Waals surface area contributed by atoms with E-state index in [2.05, 4.69) is 10.3 Å². The summed E-state index contributed by atoms with van der Waals surface area (Å²) >= 11 is 1.49. The summed E-state index contributed by atoms with van der Waals surface area (Å²) in [5.74, 6) is -0.231. The van der Waals surface area contributed by atoms with Gasteiger partial charge in [0.2, 0.25) is 15.9 Å². The van der Waals surface area contributed by atoms with Gasteiger partial charge in [0.15, 0.2) is 0 Å². The van der Waals surface area contributed by atoms with Crippen molar-refractivity contribution in [2.24, 2.45) is 0 Å². The Morgan fingerprint density at radius 3 is 2.59 bits per heavy atom. The van der Waals surface area contributed by atoms with Gasteiger partial charge in [0, 0.05) is 29.7 Å². The molecule has 6 nitrogen and oxygen atoms in total. The molecule has 3 aromatic rings. The van der Waals surface area contributed by atoms with Gasteiger partial charge in [0.1, 0.15) is 5.01 Å². The molecule has 2 heterocycles. The predicted octanol–water partition coefficient (Wildman–Crippen LogP) is 3.78. The lowest BCUT2D eigenvalue weighted by Gasteiger charge is -2.16. The zero-order valence-electron chi connectivity index (χ0n) is 15.7. The van der Waals surface area contributed by atoms with Crippen LogP contribution in [-0.4, -0.2) is 36.7 Å². The SMILES string of the molecule is O=C(Cc1csc(-c2ccccc2)n1)Nc1cccc(S(=O)(=O)N2CCCC2)c1. The lowest BCUT2D eigenvalue weighted by atomic mass is 10.2. The molecule has 0 aliphatic carbocycles. The first-order valence-electron chi connectivity index (χ1n) is 9.42. The van der Waals surface area contributed by atoms with Gasteiger partial charge >= 0.3 is 0 Å². The summed E-state index contributed by atoms with van der Waals surface area (Å²) in [6.45, 7) is 1.10. The maximum atomic E-state index is 12.7. The number of nitrogens with one attached hydrogen (secondary N) is 1. The average molecular weight is 428 g/mol. The Morgan fingerprint density at radius 1 is 1.07 bits per heavy atom. The van der Waals surface area contributed by atoms with Crippen molar-refractivity contribution in [1.29, 1.82) is 0 Å². The Labute approximate surface area is 174 Å². The first-order valence-corrected chi connectivity index (χ1v) is 11.7. The fourth-order valence-electron chi connectivity index (χ4n) is 3.28. The van der Waals surface area contributed by atoms with E-state index in [4.69, 9.17) is 0 Å². The van der Waals surface area contributed by atoms with E-state index < -0.39 is 10.0 Å². The summed E-state index contributed by atoms with van der Waals surface area (Å²) in [7, 11) is -3.51. The normalized spacial score (nSPS) is 14.8. The van der Waals surface area contributed by atoms with E-state index in [1.807, 2.05) is 35.7 Å². The smallest absolute Gasteiger partial charge is 0.243 e. The summed E-state index contributed by atoms with van der Waals surface area (Å²) in [5, 5.41) is 5.52. The van der Waals surface area contributed by atoms with Gasteiger partial charge in [0.05, 0.1) is 17.0 Å². The molecule has 4 rings (SSSR count). The maximum Gasteiger partial charge on any atom is 0.243 e. The van der Waals surface area contributed by atoms with E-state index in [9.17, 15) is 13.2 Å². The van der Waals surface area contributed by atoms with Crippen molar-refractivity contribution in [3.05, 3.63) is 65.7 Å².